The van der Waals surface area contributed by atoms with Crippen molar-refractivity contribution in [2.24, 2.45) is 0 Å². The van der Waals surface area contributed by atoms with Crippen molar-refractivity contribution in [2.45, 2.75) is 18.9 Å². The van der Waals surface area contributed by atoms with Crippen molar-refractivity contribution in [2.75, 3.05) is 32.6 Å². The number of benzene rings is 1. The molecule has 2 rings (SSSR count). The van der Waals surface area contributed by atoms with E-state index in [1.165, 1.54) is 0 Å². The summed E-state index contributed by atoms with van der Waals surface area (Å²) < 4.78 is 5.09. The summed E-state index contributed by atoms with van der Waals surface area (Å²) in [5.41, 5.74) is 0.789. The maximum absolute atomic E-state index is 12.1. The number of urea groups is 1. The zero-order valence-electron chi connectivity index (χ0n) is 11.5. The van der Waals surface area contributed by atoms with E-state index in [4.69, 9.17) is 4.74 Å². The van der Waals surface area contributed by atoms with Crippen LogP contribution >= 0.6 is 0 Å². The van der Waals surface area contributed by atoms with Crippen LogP contribution in [0.5, 0.6) is 5.75 Å². The van der Waals surface area contributed by atoms with Gasteiger partial charge < -0.3 is 20.3 Å². The van der Waals surface area contributed by atoms with Crippen molar-refractivity contribution < 1.29 is 9.53 Å². The van der Waals surface area contributed by atoms with Crippen molar-refractivity contribution >= 4 is 11.7 Å². The third-order valence-corrected chi connectivity index (χ3v) is 3.46. The Kier molecular flexibility index (Phi) is 4.63. The minimum absolute atomic E-state index is 0.0369. The Morgan fingerprint density at radius 1 is 1.37 bits per heavy atom. The average molecular weight is 263 g/mol. The quantitative estimate of drug-likeness (QED) is 0.876. The van der Waals surface area contributed by atoms with E-state index < -0.39 is 0 Å². The predicted molar refractivity (Wildman–Crippen MR) is 75.7 cm³/mol. The maximum atomic E-state index is 12.1. The Hall–Kier alpha value is -1.75. The van der Waals surface area contributed by atoms with Gasteiger partial charge in [-0.3, -0.25) is 0 Å². The monoisotopic (exact) mass is 263 g/mol. The first-order valence-corrected chi connectivity index (χ1v) is 6.60. The number of methoxy groups -OCH3 is 1. The summed E-state index contributed by atoms with van der Waals surface area (Å²) >= 11 is 0. The predicted octanol–water partition coefficient (Wildman–Crippen LogP) is 1.91. The van der Waals surface area contributed by atoms with Crippen LogP contribution in [0.2, 0.25) is 0 Å². The summed E-state index contributed by atoms with van der Waals surface area (Å²) in [4.78, 5) is 14.0. The molecule has 19 heavy (non-hydrogen) atoms. The Morgan fingerprint density at radius 3 is 2.74 bits per heavy atom. The first-order valence-electron chi connectivity index (χ1n) is 6.60. The van der Waals surface area contributed by atoms with Crippen LogP contribution in [0.15, 0.2) is 24.3 Å². The number of hydrogen-bond donors (Lipinski definition) is 2. The van der Waals surface area contributed by atoms with Crippen molar-refractivity contribution in [1.29, 1.82) is 0 Å². The van der Waals surface area contributed by atoms with Crippen LogP contribution in [0.25, 0.3) is 0 Å². The zero-order chi connectivity index (χ0) is 13.7. The molecule has 1 aromatic rings. The lowest BCUT2D eigenvalue weighted by Gasteiger charge is -2.32. The average Bonchev–Trinajstić information content (AvgIpc) is 2.48. The molecule has 5 heteroatoms. The molecular weight excluding hydrogens is 242 g/mol. The van der Waals surface area contributed by atoms with Gasteiger partial charge in [-0.15, -0.1) is 0 Å². The third kappa shape index (κ3) is 3.61. The molecule has 1 aliphatic heterocycles. The smallest absolute Gasteiger partial charge is 0.321 e. The van der Waals surface area contributed by atoms with E-state index in [0.717, 1.165) is 37.4 Å². The number of rotatable bonds is 3. The number of amides is 2. The Bertz CT molecular complexity index is 419. The summed E-state index contributed by atoms with van der Waals surface area (Å²) in [5, 5.41) is 6.14. The molecule has 1 atom stereocenters. The molecule has 2 N–H and O–H groups in total. The molecule has 1 aromatic carbocycles. The summed E-state index contributed by atoms with van der Waals surface area (Å²) in [6.45, 7) is 1.58. The van der Waals surface area contributed by atoms with Crippen LogP contribution in [0, 0.1) is 0 Å². The molecule has 1 aliphatic rings. The van der Waals surface area contributed by atoms with Crippen LogP contribution in [0.4, 0.5) is 10.5 Å². The molecule has 0 aliphatic carbocycles. The highest BCUT2D eigenvalue weighted by Crippen LogP contribution is 2.16. The first kappa shape index (κ1) is 13.7. The van der Waals surface area contributed by atoms with Gasteiger partial charge in [0.25, 0.3) is 0 Å². The van der Waals surface area contributed by atoms with Crippen LogP contribution < -0.4 is 15.4 Å². The summed E-state index contributed by atoms with van der Waals surface area (Å²) in [7, 11) is 3.56. The number of likely N-dealkylation sites (tertiary alicyclic amines) is 1. The number of piperidine rings is 1. The lowest BCUT2D eigenvalue weighted by molar-refractivity contribution is 0.187. The van der Waals surface area contributed by atoms with E-state index in [0.29, 0.717) is 6.04 Å². The molecule has 1 heterocycles. The lowest BCUT2D eigenvalue weighted by atomic mass is 10.1. The molecule has 0 unspecified atom stereocenters. The van der Waals surface area contributed by atoms with Crippen molar-refractivity contribution in [3.05, 3.63) is 24.3 Å². The normalized spacial score (nSPS) is 19.1. The lowest BCUT2D eigenvalue weighted by Crippen LogP contribution is -2.48. The van der Waals surface area contributed by atoms with Gasteiger partial charge in [-0.05, 0) is 44.2 Å². The molecule has 0 saturated carbocycles. The molecule has 1 fully saturated rings. The summed E-state index contributed by atoms with van der Waals surface area (Å²) in [6, 6.07) is 7.72. The Labute approximate surface area is 113 Å². The zero-order valence-corrected chi connectivity index (χ0v) is 11.5. The number of anilines is 1. The van der Waals surface area contributed by atoms with Crippen LogP contribution in [-0.2, 0) is 0 Å². The van der Waals surface area contributed by atoms with Gasteiger partial charge in [-0.25, -0.2) is 4.79 Å². The highest BCUT2D eigenvalue weighted by molar-refractivity contribution is 5.89. The minimum atomic E-state index is -0.0369. The molecule has 0 bridgehead atoms. The molecule has 5 nitrogen and oxygen atoms in total. The maximum Gasteiger partial charge on any atom is 0.321 e. The van der Waals surface area contributed by atoms with Gasteiger partial charge in [0.05, 0.1) is 7.11 Å². The number of nitrogens with one attached hydrogen (secondary N) is 2. The van der Waals surface area contributed by atoms with E-state index in [-0.39, 0.29) is 6.03 Å². The van der Waals surface area contributed by atoms with E-state index in [2.05, 4.69) is 10.6 Å². The van der Waals surface area contributed by atoms with Crippen LogP contribution in [-0.4, -0.2) is 44.2 Å². The van der Waals surface area contributed by atoms with E-state index >= 15 is 0 Å². The first-order chi connectivity index (χ1) is 9.22. The highest BCUT2D eigenvalue weighted by Gasteiger charge is 2.22. The standard InChI is InChI=1S/C14H21N3O2/c1-15-12-4-3-9-17(10-12)14(18)16-11-5-7-13(19-2)8-6-11/h5-8,12,15H,3-4,9-10H2,1-2H3,(H,16,18)/t12-/m1/s1. The van der Waals surface area contributed by atoms with Gasteiger partial charge in [0.1, 0.15) is 5.75 Å². The number of carbonyl (C=O) groups is 1. The van der Waals surface area contributed by atoms with Gasteiger partial charge in [-0.2, -0.15) is 0 Å². The second-order valence-electron chi connectivity index (χ2n) is 4.73. The van der Waals surface area contributed by atoms with Gasteiger partial charge in [0, 0.05) is 24.8 Å². The van der Waals surface area contributed by atoms with Crippen LogP contribution in [0.3, 0.4) is 0 Å². The largest absolute Gasteiger partial charge is 0.497 e. The van der Waals surface area contributed by atoms with Gasteiger partial charge >= 0.3 is 6.03 Å². The van der Waals surface area contributed by atoms with E-state index in [9.17, 15) is 4.79 Å². The van der Waals surface area contributed by atoms with Gasteiger partial charge in [0.15, 0.2) is 0 Å². The fourth-order valence-electron chi connectivity index (χ4n) is 2.27. The molecule has 104 valence electrons. The summed E-state index contributed by atoms with van der Waals surface area (Å²) in [5.74, 6) is 0.784. The Balaban J connectivity index is 1.92. The van der Waals surface area contributed by atoms with Crippen LogP contribution in [0.1, 0.15) is 12.8 Å². The number of nitrogens with zero attached hydrogens (tertiary/aromatic N) is 1. The van der Waals surface area contributed by atoms with Crippen molar-refractivity contribution in [3.63, 3.8) is 0 Å². The molecule has 1 saturated heterocycles. The minimum Gasteiger partial charge on any atom is -0.497 e. The second kappa shape index (κ2) is 6.43. The molecule has 2 amide bonds. The number of carbonyl (C=O) groups excluding carboxylic acids is 1. The third-order valence-electron chi connectivity index (χ3n) is 3.46. The van der Waals surface area contributed by atoms with E-state index in [1.54, 1.807) is 7.11 Å². The number of ether oxygens (including phenoxy) is 1. The van der Waals surface area contributed by atoms with Crippen molar-refractivity contribution in [3.8, 4) is 5.75 Å². The van der Waals surface area contributed by atoms with Crippen molar-refractivity contribution in [1.82, 2.24) is 10.2 Å². The molecule has 0 aromatic heterocycles. The second-order valence-corrected chi connectivity index (χ2v) is 4.73. The highest BCUT2D eigenvalue weighted by atomic mass is 16.5. The fraction of sp³-hybridized carbons (Fsp3) is 0.500. The molecule has 0 radical (unpaired) electrons. The summed E-state index contributed by atoms with van der Waals surface area (Å²) in [6.07, 6.45) is 2.17. The van der Waals surface area contributed by atoms with E-state index in [1.807, 2.05) is 36.2 Å². The van der Waals surface area contributed by atoms with Gasteiger partial charge in [0.2, 0.25) is 0 Å². The number of likely N-dealkylation sites (N-methyl/N-ethyl adjacent to an activating group) is 1. The fourth-order valence-corrected chi connectivity index (χ4v) is 2.27. The SMILES string of the molecule is CN[C@@H]1CCCN(C(=O)Nc2ccc(OC)cc2)C1. The van der Waals surface area contributed by atoms with Gasteiger partial charge in [-0.1, -0.05) is 0 Å². The topological polar surface area (TPSA) is 53.6 Å². The number of hydrogen-bond acceptors (Lipinski definition) is 3. The molecule has 0 spiro atoms. The Morgan fingerprint density at radius 2 is 2.11 bits per heavy atom. The molecular formula is C14H21N3O2.